The topological polar surface area (TPSA) is 57.2 Å². The van der Waals surface area contributed by atoms with E-state index in [1.807, 2.05) is 0 Å². The summed E-state index contributed by atoms with van der Waals surface area (Å²) in [5, 5.41) is 0. The van der Waals surface area contributed by atoms with Crippen LogP contribution in [-0.4, -0.2) is 34.3 Å². The molecule has 0 bridgehead atoms. The van der Waals surface area contributed by atoms with Crippen LogP contribution in [0, 0.1) is 5.82 Å². The van der Waals surface area contributed by atoms with Crippen LogP contribution < -0.4 is 23.8 Å². The number of β-lactam (4-membered cyclic amide) rings is 1. The molecule has 1 atom stereocenters. The van der Waals surface area contributed by atoms with Crippen LogP contribution in [0.1, 0.15) is 11.6 Å². The van der Waals surface area contributed by atoms with Gasteiger partial charge in [-0.15, -0.1) is 0 Å². The third kappa shape index (κ3) is 2.95. The number of anilines is 1. The van der Waals surface area contributed by atoms with Crippen molar-refractivity contribution in [2.45, 2.75) is 6.04 Å². The van der Waals surface area contributed by atoms with Gasteiger partial charge in [0.25, 0.3) is 5.91 Å². The largest absolute Gasteiger partial charge is 0.494 e. The lowest BCUT2D eigenvalue weighted by molar-refractivity contribution is -0.118. The molecule has 27 heavy (non-hydrogen) atoms. The molecule has 1 aliphatic rings. The van der Waals surface area contributed by atoms with E-state index in [9.17, 15) is 9.18 Å². The van der Waals surface area contributed by atoms with E-state index in [4.69, 9.17) is 18.9 Å². The Morgan fingerprint density at radius 1 is 0.926 bits per heavy atom. The Morgan fingerprint density at radius 2 is 1.52 bits per heavy atom. The quantitative estimate of drug-likeness (QED) is 0.573. The molecule has 1 heterocycles. The van der Waals surface area contributed by atoms with Crippen LogP contribution in [0.15, 0.2) is 42.5 Å². The number of rotatable bonds is 6. The number of carbonyl (C=O) groups is 1. The lowest BCUT2D eigenvalue weighted by atomic mass is 9.88. The van der Waals surface area contributed by atoms with Crippen LogP contribution in [0.2, 0.25) is 0 Å². The first-order chi connectivity index (χ1) is 13.0. The Morgan fingerprint density at radius 3 is 2.00 bits per heavy atom. The number of hydrogen-bond acceptors (Lipinski definition) is 5. The van der Waals surface area contributed by atoms with Crippen LogP contribution in [0.4, 0.5) is 10.1 Å². The van der Waals surface area contributed by atoms with Crippen molar-refractivity contribution in [2.75, 3.05) is 33.3 Å². The molecular weight excluding hydrogens is 353 g/mol. The van der Waals surface area contributed by atoms with E-state index in [-0.39, 0.29) is 11.7 Å². The third-order valence-electron chi connectivity index (χ3n) is 4.50. The number of amides is 1. The predicted molar refractivity (Wildman–Crippen MR) is 98.4 cm³/mol. The summed E-state index contributed by atoms with van der Waals surface area (Å²) in [6, 6.07) is 7.40. The molecule has 1 aliphatic heterocycles. The molecule has 1 saturated heterocycles. The fourth-order valence-electron chi connectivity index (χ4n) is 3.15. The van der Waals surface area contributed by atoms with Crippen LogP contribution >= 0.6 is 0 Å². The average Bonchev–Trinajstić information content (AvgIpc) is 2.69. The number of carbonyl (C=O) groups excluding carboxylic acids is 1. The average molecular weight is 373 g/mol. The summed E-state index contributed by atoms with van der Waals surface area (Å²) in [4.78, 5) is 14.0. The summed E-state index contributed by atoms with van der Waals surface area (Å²) in [6.07, 6.45) is 0. The van der Waals surface area contributed by atoms with E-state index in [0.29, 0.717) is 34.1 Å². The Hall–Kier alpha value is -3.22. The van der Waals surface area contributed by atoms with Gasteiger partial charge in [0, 0.05) is 17.7 Å². The van der Waals surface area contributed by atoms with Crippen LogP contribution in [-0.2, 0) is 4.79 Å². The molecule has 7 heteroatoms. The highest BCUT2D eigenvalue weighted by atomic mass is 19.1. The van der Waals surface area contributed by atoms with Gasteiger partial charge in [-0.05, 0) is 17.7 Å². The zero-order valence-electron chi connectivity index (χ0n) is 15.5. The van der Waals surface area contributed by atoms with Gasteiger partial charge in [0.2, 0.25) is 5.75 Å². The Bertz CT molecular complexity index is 886. The second-order valence-corrected chi connectivity index (χ2v) is 5.88. The summed E-state index contributed by atoms with van der Waals surface area (Å²) in [5.41, 5.74) is 1.49. The minimum atomic E-state index is -0.507. The second kappa shape index (κ2) is 7.19. The molecule has 0 aliphatic carbocycles. The van der Waals surface area contributed by atoms with E-state index in [1.54, 1.807) is 18.2 Å². The van der Waals surface area contributed by atoms with Crippen molar-refractivity contribution in [3.8, 4) is 23.0 Å². The predicted octanol–water partition coefficient (Wildman–Crippen LogP) is 3.50. The van der Waals surface area contributed by atoms with Crippen molar-refractivity contribution >= 4 is 11.6 Å². The minimum absolute atomic E-state index is 0.134. The highest BCUT2D eigenvalue weighted by molar-refractivity contribution is 6.15. The SMILES string of the molecule is C=C1C(=O)N(c2cc(OC)c(OC)c(OC)c2)[C@H]1c1ccc(OC)c(F)c1. The molecule has 142 valence electrons. The van der Waals surface area contributed by atoms with Crippen LogP contribution in [0.5, 0.6) is 23.0 Å². The van der Waals surface area contributed by atoms with Gasteiger partial charge in [0.15, 0.2) is 23.1 Å². The van der Waals surface area contributed by atoms with E-state index >= 15 is 0 Å². The second-order valence-electron chi connectivity index (χ2n) is 5.88. The molecule has 0 aromatic heterocycles. The molecule has 0 N–H and O–H groups in total. The van der Waals surface area contributed by atoms with Crippen molar-refractivity contribution in [1.82, 2.24) is 0 Å². The lowest BCUT2D eigenvalue weighted by Crippen LogP contribution is -2.48. The molecule has 0 unspecified atom stereocenters. The lowest BCUT2D eigenvalue weighted by Gasteiger charge is -2.42. The Labute approximate surface area is 156 Å². The summed E-state index contributed by atoms with van der Waals surface area (Å²) >= 11 is 0. The smallest absolute Gasteiger partial charge is 0.256 e. The summed E-state index contributed by atoms with van der Waals surface area (Å²) in [5.74, 6) is 0.614. The van der Waals surface area contributed by atoms with Crippen LogP contribution in [0.3, 0.4) is 0 Å². The standard InChI is InChI=1S/C20H20FNO5/c1-11-18(12-6-7-15(24-2)14(21)8-12)22(20(11)23)13-9-16(25-3)19(27-5)17(10-13)26-4/h6-10,18H,1H2,2-5H3/t18-/m1/s1. The third-order valence-corrected chi connectivity index (χ3v) is 4.50. The van der Waals surface area contributed by atoms with Crippen molar-refractivity contribution < 1.29 is 28.1 Å². The summed E-state index contributed by atoms with van der Waals surface area (Å²) in [6.45, 7) is 3.83. The molecule has 0 saturated carbocycles. The molecular formula is C20H20FNO5. The highest BCUT2D eigenvalue weighted by Gasteiger charge is 2.43. The Kier molecular flexibility index (Phi) is 4.94. The molecule has 0 spiro atoms. The van der Waals surface area contributed by atoms with Gasteiger partial charge < -0.3 is 18.9 Å². The molecule has 1 amide bonds. The molecule has 3 rings (SSSR count). The van der Waals surface area contributed by atoms with Gasteiger partial charge in [-0.1, -0.05) is 12.6 Å². The van der Waals surface area contributed by atoms with Gasteiger partial charge in [0.1, 0.15) is 0 Å². The number of methoxy groups -OCH3 is 4. The van der Waals surface area contributed by atoms with E-state index in [2.05, 4.69) is 6.58 Å². The first-order valence-electron chi connectivity index (χ1n) is 8.12. The molecule has 1 fully saturated rings. The van der Waals surface area contributed by atoms with Gasteiger partial charge in [-0.3, -0.25) is 9.69 Å². The highest BCUT2D eigenvalue weighted by Crippen LogP contribution is 2.48. The minimum Gasteiger partial charge on any atom is -0.494 e. The molecule has 2 aromatic carbocycles. The van der Waals surface area contributed by atoms with Gasteiger partial charge in [0.05, 0.1) is 40.2 Å². The Balaban J connectivity index is 2.06. The zero-order valence-corrected chi connectivity index (χ0v) is 15.5. The van der Waals surface area contributed by atoms with E-state index in [0.717, 1.165) is 0 Å². The zero-order chi connectivity index (χ0) is 19.7. The number of nitrogens with zero attached hydrogens (tertiary/aromatic N) is 1. The van der Waals surface area contributed by atoms with Crippen LogP contribution in [0.25, 0.3) is 0 Å². The first-order valence-corrected chi connectivity index (χ1v) is 8.12. The van der Waals surface area contributed by atoms with Gasteiger partial charge in [-0.25, -0.2) is 4.39 Å². The van der Waals surface area contributed by atoms with Gasteiger partial charge in [-0.2, -0.15) is 0 Å². The molecule has 0 radical (unpaired) electrons. The van der Waals surface area contributed by atoms with Crippen molar-refractivity contribution in [2.24, 2.45) is 0 Å². The summed E-state index contributed by atoms with van der Waals surface area (Å²) in [7, 11) is 5.88. The maximum atomic E-state index is 14.1. The normalized spacial score (nSPS) is 16.0. The van der Waals surface area contributed by atoms with Gasteiger partial charge >= 0.3 is 0 Å². The number of hydrogen-bond donors (Lipinski definition) is 0. The maximum Gasteiger partial charge on any atom is 0.256 e. The first kappa shape index (κ1) is 18.6. The van der Waals surface area contributed by atoms with E-state index < -0.39 is 11.9 Å². The van der Waals surface area contributed by atoms with Crippen molar-refractivity contribution in [3.63, 3.8) is 0 Å². The van der Waals surface area contributed by atoms with Crippen molar-refractivity contribution in [3.05, 3.63) is 53.9 Å². The van der Waals surface area contributed by atoms with E-state index in [1.165, 1.54) is 45.5 Å². The van der Waals surface area contributed by atoms with Crippen molar-refractivity contribution in [1.29, 1.82) is 0 Å². The molecule has 6 nitrogen and oxygen atoms in total. The molecule has 2 aromatic rings. The summed E-state index contributed by atoms with van der Waals surface area (Å²) < 4.78 is 35.1. The fourth-order valence-corrected chi connectivity index (χ4v) is 3.15. The number of halogens is 1. The number of benzene rings is 2. The maximum absolute atomic E-state index is 14.1. The fraction of sp³-hybridized carbons (Fsp3) is 0.250. The number of ether oxygens (including phenoxy) is 4. The monoisotopic (exact) mass is 373 g/mol.